The summed E-state index contributed by atoms with van der Waals surface area (Å²) in [5.74, 6) is 8.33. The van der Waals surface area contributed by atoms with Gasteiger partial charge in [0.15, 0.2) is 0 Å². The first-order valence-corrected chi connectivity index (χ1v) is 43.5. The third kappa shape index (κ3) is 16.3. The standard InChI is InChI=1S/C36H42N8O2.C30H26N6S.C29H28N6S/c1-36(2,3)46-35(45)43-19-17-42(18-20-43)15-13-38-28-21-27(22-28)34-41-31(32-33(37)39-14-16-44(32)34)26-10-9-25-11-12-29(40-30(25)23-26)24-7-5-4-6-8-24;31-29-28-27(21-9-8-20-10-11-25(34-26(20)17-21)19-5-2-1-3-6-19)35-30(36(28)13-12-32-29)22-15-23(16-22)33-18-24-7-4-14-37-24;30-28-27-26(21-7-6-20-8-9-24(32-25(20)18-21)19-4-2-1-3-5-19)33-29(35(27)11-10-31-28)22-16-23(17-22)34-12-14-36-15-13-34/h4-12,14,16,23,27-28,38H,13,15,17-22H2,1-3H3,(H2,37,39);1-14,17,22-23,33H,15-16,18H2,(H2,31,32);1-11,18,22-23H,12-17H2,(H2,30,31). The molecule has 8 N–H and O–H groups in total. The molecule has 0 spiro atoms. The number of thioether (sulfide) groups is 1. The maximum atomic E-state index is 12.4. The van der Waals surface area contributed by atoms with Crippen molar-refractivity contribution in [1.29, 1.82) is 0 Å². The van der Waals surface area contributed by atoms with Crippen molar-refractivity contribution in [3.8, 4) is 67.5 Å². The average Bonchev–Trinajstić information content (AvgIpc) is 1.61. The minimum Gasteiger partial charge on any atom is -0.444 e. The minimum absolute atomic E-state index is 0.215. The van der Waals surface area contributed by atoms with Gasteiger partial charge in [-0.25, -0.2) is 49.7 Å². The molecule has 3 saturated carbocycles. The molecule has 0 radical (unpaired) electrons. The lowest BCUT2D eigenvalue weighted by molar-refractivity contribution is 0.0145. The molecule has 21 rings (SSSR count). The van der Waals surface area contributed by atoms with Gasteiger partial charge in [-0.3, -0.25) is 23.0 Å². The van der Waals surface area contributed by atoms with Crippen molar-refractivity contribution in [2.75, 3.05) is 81.1 Å². The quantitative estimate of drug-likeness (QED) is 0.0567. The van der Waals surface area contributed by atoms with Crippen molar-refractivity contribution in [2.24, 2.45) is 0 Å². The van der Waals surface area contributed by atoms with Gasteiger partial charge in [0.1, 0.15) is 74.2 Å². The first kappa shape index (κ1) is 76.9. The summed E-state index contributed by atoms with van der Waals surface area (Å²) >= 11 is 3.86. The second kappa shape index (κ2) is 33.4. The van der Waals surface area contributed by atoms with Gasteiger partial charge in [-0.15, -0.1) is 11.3 Å². The van der Waals surface area contributed by atoms with Crippen LogP contribution < -0.4 is 27.8 Å². The van der Waals surface area contributed by atoms with E-state index in [9.17, 15) is 4.79 Å². The van der Waals surface area contributed by atoms with Crippen LogP contribution in [0.5, 0.6) is 0 Å². The van der Waals surface area contributed by atoms with E-state index in [1.807, 2.05) is 98.9 Å². The van der Waals surface area contributed by atoms with Gasteiger partial charge in [0.25, 0.3) is 0 Å². The van der Waals surface area contributed by atoms with Gasteiger partial charge >= 0.3 is 6.09 Å². The molecule has 22 nitrogen and oxygen atoms in total. The SMILES string of the molecule is CC(C)(C)OC(=O)N1CCN(CCNC2CC(c3nc(-c4ccc5ccc(-c6ccccc6)nc5c4)c4c(N)nccn34)C2)CC1.Nc1nccn2c(C3CC(N4CCSCC4)C3)nc(-c3ccc4ccc(-c5ccccc5)nc4c3)c12.Nc1nccn2c(C3CC(NCc4cccs4)C3)nc(-c3ccc4ccc(-c5ccccc5)nc4c3)c12. The number of carbonyl (C=O) groups excluding carboxylic acids is 1. The Bertz CT molecular complexity index is 6320. The van der Waals surface area contributed by atoms with E-state index >= 15 is 0 Å². The summed E-state index contributed by atoms with van der Waals surface area (Å²) in [6, 6.07) is 68.3. The molecule has 24 heteroatoms. The average molecular weight is 1610 g/mol. The van der Waals surface area contributed by atoms with Crippen molar-refractivity contribution in [1.82, 2.24) is 83.4 Å². The summed E-state index contributed by atoms with van der Waals surface area (Å²) in [7, 11) is 0. The van der Waals surface area contributed by atoms with E-state index < -0.39 is 5.60 Å². The number of nitrogens with two attached hydrogens (primary N) is 3. The fourth-order valence-electron chi connectivity index (χ4n) is 17.4. The second-order valence-electron chi connectivity index (χ2n) is 32.9. The highest BCUT2D eigenvalue weighted by atomic mass is 32.2. The highest BCUT2D eigenvalue weighted by Gasteiger charge is 2.40. The molecule has 2 saturated heterocycles. The van der Waals surface area contributed by atoms with E-state index in [2.05, 4.69) is 205 Å². The summed E-state index contributed by atoms with van der Waals surface area (Å²) in [5.41, 5.74) is 36.0. The number of nitrogen functional groups attached to an aromatic ring is 3. The molecule has 16 aromatic rings. The molecule has 0 atom stereocenters. The number of pyridine rings is 3. The molecule has 119 heavy (non-hydrogen) atoms. The molecule has 600 valence electrons. The third-order valence-corrected chi connectivity index (χ3v) is 25.8. The molecule has 6 aromatic carbocycles. The number of piperazine rings is 1. The molecule has 2 aliphatic heterocycles. The normalized spacial score (nSPS) is 18.9. The number of aromatic nitrogens is 12. The predicted molar refractivity (Wildman–Crippen MR) is 480 cm³/mol. The van der Waals surface area contributed by atoms with Gasteiger partial charge in [-0.05, 0) is 107 Å². The number of hydrogen-bond donors (Lipinski definition) is 5. The number of benzene rings is 6. The van der Waals surface area contributed by atoms with E-state index in [1.165, 1.54) is 29.5 Å². The summed E-state index contributed by atoms with van der Waals surface area (Å²) in [6.07, 6.45) is 17.5. The molecule has 12 heterocycles. The molecule has 3 aliphatic carbocycles. The Morgan fingerprint density at radius 1 is 0.454 bits per heavy atom. The Balaban J connectivity index is 0.000000119. The van der Waals surface area contributed by atoms with Crippen LogP contribution in [0.2, 0.25) is 0 Å². The smallest absolute Gasteiger partial charge is 0.410 e. The highest BCUT2D eigenvalue weighted by molar-refractivity contribution is 7.99. The maximum absolute atomic E-state index is 12.4. The van der Waals surface area contributed by atoms with Crippen LogP contribution in [-0.2, 0) is 11.3 Å². The number of thiophene rings is 1. The second-order valence-corrected chi connectivity index (χ2v) is 35.1. The Labute approximate surface area is 699 Å². The van der Waals surface area contributed by atoms with Crippen LogP contribution in [-0.4, -0.2) is 166 Å². The van der Waals surface area contributed by atoms with Crippen LogP contribution in [0.3, 0.4) is 0 Å². The van der Waals surface area contributed by atoms with Crippen molar-refractivity contribution in [3.63, 3.8) is 0 Å². The van der Waals surface area contributed by atoms with Crippen LogP contribution in [0, 0.1) is 0 Å². The highest BCUT2D eigenvalue weighted by Crippen LogP contribution is 2.45. The van der Waals surface area contributed by atoms with Crippen molar-refractivity contribution in [2.45, 2.75) is 107 Å². The van der Waals surface area contributed by atoms with Crippen molar-refractivity contribution >= 4 is 95.9 Å². The van der Waals surface area contributed by atoms with Gasteiger partial charge in [-0.2, -0.15) is 11.8 Å². The lowest BCUT2D eigenvalue weighted by Crippen LogP contribution is -2.52. The van der Waals surface area contributed by atoms with Crippen molar-refractivity contribution in [3.05, 3.63) is 259 Å². The topological polar surface area (TPSA) is 267 Å². The van der Waals surface area contributed by atoms with Crippen LogP contribution >= 0.6 is 23.1 Å². The molecule has 0 unspecified atom stereocenters. The lowest BCUT2D eigenvalue weighted by atomic mass is 9.78. The van der Waals surface area contributed by atoms with Crippen LogP contribution in [0.15, 0.2) is 237 Å². The van der Waals surface area contributed by atoms with E-state index in [1.54, 1.807) is 29.9 Å². The summed E-state index contributed by atoms with van der Waals surface area (Å²) < 4.78 is 12.0. The van der Waals surface area contributed by atoms with Crippen molar-refractivity contribution < 1.29 is 9.53 Å². The first-order chi connectivity index (χ1) is 58.2. The molecular weight excluding hydrogens is 1520 g/mol. The van der Waals surface area contributed by atoms with Gasteiger partial charge in [0, 0.05) is 198 Å². The number of amides is 1. The molecule has 1 amide bonds. The first-order valence-electron chi connectivity index (χ1n) is 41.5. The van der Waals surface area contributed by atoms with Crippen LogP contribution in [0.1, 0.15) is 99.4 Å². The fraction of sp³-hybridized carbons (Fsp3) is 0.284. The monoisotopic (exact) mass is 1610 g/mol. The van der Waals surface area contributed by atoms with Gasteiger partial charge in [0.2, 0.25) is 0 Å². The van der Waals surface area contributed by atoms with Gasteiger partial charge < -0.3 is 37.5 Å². The van der Waals surface area contributed by atoms with E-state index in [4.69, 9.17) is 51.8 Å². The number of imidazole rings is 3. The molecule has 5 fully saturated rings. The zero-order chi connectivity index (χ0) is 80.7. The Morgan fingerprint density at radius 2 is 0.857 bits per heavy atom. The number of hydrogen-bond acceptors (Lipinski definition) is 20. The van der Waals surface area contributed by atoms with Gasteiger partial charge in [0.05, 0.1) is 33.6 Å². The molecule has 5 aliphatic rings. The number of nitrogens with zero attached hydrogens (tertiary/aromatic N) is 15. The minimum atomic E-state index is -0.465. The summed E-state index contributed by atoms with van der Waals surface area (Å²) in [4.78, 5) is 64.3. The Kier molecular flexibility index (Phi) is 21.6. The van der Waals surface area contributed by atoms with Crippen LogP contribution in [0.4, 0.5) is 22.2 Å². The zero-order valence-electron chi connectivity index (χ0n) is 67.1. The van der Waals surface area contributed by atoms with E-state index in [0.717, 1.165) is 206 Å². The molecular formula is C95H96N20O2S2. The van der Waals surface area contributed by atoms with E-state index in [0.29, 0.717) is 66.4 Å². The Hall–Kier alpha value is -12.0. The summed E-state index contributed by atoms with van der Waals surface area (Å²) in [6.45, 7) is 14.1. The number of ether oxygens (including phenoxy) is 1. The van der Waals surface area contributed by atoms with Crippen LogP contribution in [0.25, 0.3) is 117 Å². The Morgan fingerprint density at radius 3 is 1.26 bits per heavy atom. The number of anilines is 3. The summed E-state index contributed by atoms with van der Waals surface area (Å²) in [5, 5.41) is 12.8. The molecule has 10 aromatic heterocycles. The number of nitrogens with one attached hydrogen (secondary N) is 2. The number of rotatable bonds is 17. The maximum Gasteiger partial charge on any atom is 0.410 e. The predicted octanol–water partition coefficient (Wildman–Crippen LogP) is 17.4. The largest absolute Gasteiger partial charge is 0.444 e. The lowest BCUT2D eigenvalue weighted by Gasteiger charge is -2.43. The van der Waals surface area contributed by atoms with E-state index in [-0.39, 0.29) is 6.09 Å². The fourth-order valence-corrected chi connectivity index (χ4v) is 19.0. The number of fused-ring (bicyclic) bond motifs is 6. The number of carbonyl (C=O) groups is 1. The zero-order valence-corrected chi connectivity index (χ0v) is 68.7. The third-order valence-electron chi connectivity index (χ3n) is 24.0. The van der Waals surface area contributed by atoms with Gasteiger partial charge in [-0.1, -0.05) is 152 Å². The molecule has 0 bridgehead atoms.